The maximum Gasteiger partial charge on any atom is 0.335 e. The number of pyridine rings is 1. The van der Waals surface area contributed by atoms with Crippen LogP contribution in [0.4, 0.5) is 0 Å². The summed E-state index contributed by atoms with van der Waals surface area (Å²) in [4.78, 5) is 10.9. The fourth-order valence-corrected chi connectivity index (χ4v) is 2.07. The van der Waals surface area contributed by atoms with Crippen molar-refractivity contribution in [3.8, 4) is 5.75 Å². The van der Waals surface area contributed by atoms with Crippen LogP contribution in [0, 0.1) is 0 Å². The minimum absolute atomic E-state index is 0.161. The molecule has 6 nitrogen and oxygen atoms in total. The largest absolute Gasteiger partial charge is 0.484 e. The molecule has 0 fully saturated rings. The van der Waals surface area contributed by atoms with Crippen LogP contribution in [-0.2, 0) is 6.61 Å². The van der Waals surface area contributed by atoms with Crippen LogP contribution in [-0.4, -0.2) is 25.7 Å². The Hall–Kier alpha value is -2.60. The zero-order chi connectivity index (χ0) is 14.8. The van der Waals surface area contributed by atoms with Gasteiger partial charge in [-0.3, -0.25) is 4.40 Å². The van der Waals surface area contributed by atoms with Gasteiger partial charge in [0.2, 0.25) is 0 Å². The lowest BCUT2D eigenvalue weighted by Crippen LogP contribution is -2.03. The van der Waals surface area contributed by atoms with Crippen molar-refractivity contribution in [3.05, 3.63) is 59.0 Å². The summed E-state index contributed by atoms with van der Waals surface area (Å²) in [5.41, 5.74) is 0.612. The Morgan fingerprint density at radius 3 is 2.86 bits per heavy atom. The summed E-state index contributed by atoms with van der Waals surface area (Å²) >= 11 is 6.01. The van der Waals surface area contributed by atoms with Crippen LogP contribution in [0.25, 0.3) is 5.65 Å². The predicted octanol–water partition coefficient (Wildman–Crippen LogP) is 2.66. The molecule has 3 rings (SSSR count). The van der Waals surface area contributed by atoms with Gasteiger partial charge in [-0.15, -0.1) is 10.2 Å². The van der Waals surface area contributed by atoms with Gasteiger partial charge in [-0.25, -0.2) is 4.79 Å². The number of para-hydroxylation sites is 1. The normalized spacial score (nSPS) is 10.7. The topological polar surface area (TPSA) is 76.7 Å². The van der Waals surface area contributed by atoms with Crippen molar-refractivity contribution in [3.63, 3.8) is 0 Å². The second-order valence-corrected chi connectivity index (χ2v) is 4.69. The number of ether oxygens (including phenoxy) is 1. The predicted molar refractivity (Wildman–Crippen MR) is 75.7 cm³/mol. The molecule has 0 saturated carbocycles. The van der Waals surface area contributed by atoms with Crippen LogP contribution >= 0.6 is 11.6 Å². The maximum atomic E-state index is 10.9. The first-order valence-electron chi connectivity index (χ1n) is 6.09. The average Bonchev–Trinajstić information content (AvgIpc) is 2.88. The van der Waals surface area contributed by atoms with Gasteiger partial charge in [0.25, 0.3) is 0 Å². The van der Waals surface area contributed by atoms with E-state index in [0.717, 1.165) is 0 Å². The van der Waals surface area contributed by atoms with E-state index < -0.39 is 5.97 Å². The molecule has 1 aromatic carbocycles. The van der Waals surface area contributed by atoms with Crippen LogP contribution in [0.1, 0.15) is 16.2 Å². The highest BCUT2D eigenvalue weighted by Crippen LogP contribution is 2.23. The lowest BCUT2D eigenvalue weighted by atomic mass is 10.3. The summed E-state index contributed by atoms with van der Waals surface area (Å²) < 4.78 is 7.27. The molecule has 106 valence electrons. The molecule has 0 saturated heterocycles. The van der Waals surface area contributed by atoms with Gasteiger partial charge in [0, 0.05) is 6.20 Å². The zero-order valence-corrected chi connectivity index (χ0v) is 11.5. The molecular formula is C14H10ClN3O3. The van der Waals surface area contributed by atoms with Crippen LogP contribution in [0.2, 0.25) is 5.02 Å². The average molecular weight is 304 g/mol. The fraction of sp³-hybridized carbons (Fsp3) is 0.0714. The molecule has 0 amide bonds. The van der Waals surface area contributed by atoms with Gasteiger partial charge in [-0.05, 0) is 24.3 Å². The van der Waals surface area contributed by atoms with E-state index in [9.17, 15) is 4.79 Å². The number of hydrogen-bond donors (Lipinski definition) is 1. The molecule has 0 bridgehead atoms. The standard InChI is InChI=1S/C14H10ClN3O3/c15-10-3-1-2-4-11(10)21-8-13-17-16-12-7-9(14(19)20)5-6-18(12)13/h1-7H,8H2,(H,19,20). The Kier molecular flexibility index (Phi) is 3.45. The Balaban J connectivity index is 1.85. The summed E-state index contributed by atoms with van der Waals surface area (Å²) in [5, 5.41) is 17.4. The molecule has 7 heteroatoms. The van der Waals surface area contributed by atoms with E-state index in [2.05, 4.69) is 10.2 Å². The van der Waals surface area contributed by atoms with Crippen LogP contribution in [0.3, 0.4) is 0 Å². The summed E-state index contributed by atoms with van der Waals surface area (Å²) in [6.45, 7) is 0.178. The van der Waals surface area contributed by atoms with Crippen LogP contribution in [0.15, 0.2) is 42.6 Å². The molecule has 0 atom stereocenters. The van der Waals surface area contributed by atoms with Crippen molar-refractivity contribution in [2.75, 3.05) is 0 Å². The molecular weight excluding hydrogens is 294 g/mol. The molecule has 1 N–H and O–H groups in total. The maximum absolute atomic E-state index is 10.9. The number of aromatic nitrogens is 3. The van der Waals surface area contributed by atoms with Crippen molar-refractivity contribution in [1.82, 2.24) is 14.6 Å². The molecule has 0 aliphatic carbocycles. The number of hydrogen-bond acceptors (Lipinski definition) is 4. The molecule has 21 heavy (non-hydrogen) atoms. The monoisotopic (exact) mass is 303 g/mol. The van der Waals surface area contributed by atoms with E-state index in [-0.39, 0.29) is 12.2 Å². The molecule has 2 aromatic heterocycles. The Morgan fingerprint density at radius 2 is 2.10 bits per heavy atom. The molecule has 0 unspecified atom stereocenters. The molecule has 0 aliphatic heterocycles. The number of rotatable bonds is 4. The molecule has 2 heterocycles. The quantitative estimate of drug-likeness (QED) is 0.802. The number of benzene rings is 1. The molecule has 0 spiro atoms. The summed E-state index contributed by atoms with van der Waals surface area (Å²) in [7, 11) is 0. The summed E-state index contributed by atoms with van der Waals surface area (Å²) in [6, 6.07) is 10.1. The van der Waals surface area contributed by atoms with Crippen molar-refractivity contribution in [2.45, 2.75) is 6.61 Å². The highest BCUT2D eigenvalue weighted by atomic mass is 35.5. The van der Waals surface area contributed by atoms with E-state index in [1.807, 2.05) is 12.1 Å². The van der Waals surface area contributed by atoms with Crippen LogP contribution < -0.4 is 4.74 Å². The number of fused-ring (bicyclic) bond motifs is 1. The lowest BCUT2D eigenvalue weighted by Gasteiger charge is -2.06. The minimum Gasteiger partial charge on any atom is -0.484 e. The van der Waals surface area contributed by atoms with Crippen molar-refractivity contribution < 1.29 is 14.6 Å². The number of nitrogens with zero attached hydrogens (tertiary/aromatic N) is 3. The second-order valence-electron chi connectivity index (χ2n) is 4.28. The van der Waals surface area contributed by atoms with E-state index in [0.29, 0.717) is 22.2 Å². The highest BCUT2D eigenvalue weighted by Gasteiger charge is 2.10. The summed E-state index contributed by atoms with van der Waals surface area (Å²) in [6.07, 6.45) is 1.60. The van der Waals surface area contributed by atoms with Gasteiger partial charge in [-0.1, -0.05) is 23.7 Å². The Labute approximate surface area is 124 Å². The van der Waals surface area contributed by atoms with Gasteiger partial charge < -0.3 is 9.84 Å². The van der Waals surface area contributed by atoms with Gasteiger partial charge >= 0.3 is 5.97 Å². The van der Waals surface area contributed by atoms with E-state index in [4.69, 9.17) is 21.4 Å². The number of carbonyl (C=O) groups is 1. The minimum atomic E-state index is -1.01. The smallest absolute Gasteiger partial charge is 0.335 e. The fourth-order valence-electron chi connectivity index (χ4n) is 1.88. The summed E-state index contributed by atoms with van der Waals surface area (Å²) in [5.74, 6) is 0.106. The van der Waals surface area contributed by atoms with Gasteiger partial charge in [-0.2, -0.15) is 0 Å². The highest BCUT2D eigenvalue weighted by molar-refractivity contribution is 6.32. The van der Waals surface area contributed by atoms with Gasteiger partial charge in [0.05, 0.1) is 10.6 Å². The number of aromatic carboxylic acids is 1. The Bertz CT molecular complexity index is 816. The van der Waals surface area contributed by atoms with Crippen molar-refractivity contribution >= 4 is 23.2 Å². The second kappa shape index (κ2) is 5.41. The first-order chi connectivity index (χ1) is 10.1. The lowest BCUT2D eigenvalue weighted by molar-refractivity contribution is 0.0697. The van der Waals surface area contributed by atoms with Crippen molar-refractivity contribution in [1.29, 1.82) is 0 Å². The molecule has 3 aromatic rings. The first-order valence-corrected chi connectivity index (χ1v) is 6.47. The molecule has 0 radical (unpaired) electrons. The van der Waals surface area contributed by atoms with Gasteiger partial charge in [0.1, 0.15) is 12.4 Å². The third-order valence-corrected chi connectivity index (χ3v) is 3.23. The first kappa shape index (κ1) is 13.4. The number of carboxylic acid groups (broad SMARTS) is 1. The SMILES string of the molecule is O=C(O)c1ccn2c(COc3ccccc3Cl)nnc2c1. The van der Waals surface area contributed by atoms with E-state index in [1.54, 1.807) is 22.7 Å². The zero-order valence-electron chi connectivity index (χ0n) is 10.7. The third kappa shape index (κ3) is 2.66. The van der Waals surface area contributed by atoms with Crippen LogP contribution in [0.5, 0.6) is 5.75 Å². The third-order valence-electron chi connectivity index (χ3n) is 2.92. The van der Waals surface area contributed by atoms with E-state index in [1.165, 1.54) is 12.1 Å². The molecule has 0 aliphatic rings. The van der Waals surface area contributed by atoms with E-state index >= 15 is 0 Å². The van der Waals surface area contributed by atoms with Gasteiger partial charge in [0.15, 0.2) is 11.5 Å². The van der Waals surface area contributed by atoms with Crippen molar-refractivity contribution in [2.24, 2.45) is 0 Å². The number of carboxylic acids is 1. The Morgan fingerprint density at radius 1 is 1.29 bits per heavy atom. The number of halogens is 1.